The number of ether oxygens (including phenoxy) is 3. The minimum atomic E-state index is -0.469. The SMILES string of the molecule is CCOC(=O)C=C[C@@H]1COC(CC)(CC)O1. The molecule has 0 aliphatic carbocycles. The summed E-state index contributed by atoms with van der Waals surface area (Å²) >= 11 is 0. The van der Waals surface area contributed by atoms with E-state index in [1.165, 1.54) is 6.08 Å². The Balaban J connectivity index is 2.44. The first-order valence-corrected chi connectivity index (χ1v) is 5.82. The Kier molecular flexibility index (Phi) is 4.96. The Labute approximate surface area is 96.6 Å². The second-order valence-electron chi connectivity index (χ2n) is 3.70. The number of carbonyl (C=O) groups is 1. The number of hydrogen-bond acceptors (Lipinski definition) is 4. The fraction of sp³-hybridized carbons (Fsp3) is 0.750. The monoisotopic (exact) mass is 228 g/mol. The second-order valence-corrected chi connectivity index (χ2v) is 3.70. The molecule has 1 rings (SSSR count). The minimum Gasteiger partial charge on any atom is -0.463 e. The summed E-state index contributed by atoms with van der Waals surface area (Å²) in [5.41, 5.74) is 0. The summed E-state index contributed by atoms with van der Waals surface area (Å²) in [7, 11) is 0. The van der Waals surface area contributed by atoms with Crippen LogP contribution in [-0.4, -0.2) is 31.1 Å². The molecule has 1 aliphatic heterocycles. The van der Waals surface area contributed by atoms with Gasteiger partial charge in [0, 0.05) is 6.08 Å². The summed E-state index contributed by atoms with van der Waals surface area (Å²) in [5.74, 6) is -0.805. The molecule has 0 N–H and O–H groups in total. The van der Waals surface area contributed by atoms with Crippen LogP contribution in [0.1, 0.15) is 33.6 Å². The molecule has 92 valence electrons. The smallest absolute Gasteiger partial charge is 0.330 e. The van der Waals surface area contributed by atoms with E-state index in [0.717, 1.165) is 12.8 Å². The van der Waals surface area contributed by atoms with Gasteiger partial charge in [-0.2, -0.15) is 0 Å². The van der Waals surface area contributed by atoms with Gasteiger partial charge in [0.25, 0.3) is 0 Å². The molecule has 0 unspecified atom stereocenters. The summed E-state index contributed by atoms with van der Waals surface area (Å²) in [6.07, 6.45) is 4.58. The predicted octanol–water partition coefficient (Wildman–Crippen LogP) is 2.04. The largest absolute Gasteiger partial charge is 0.463 e. The van der Waals surface area contributed by atoms with Crippen LogP contribution in [0, 0.1) is 0 Å². The van der Waals surface area contributed by atoms with Gasteiger partial charge >= 0.3 is 5.97 Å². The van der Waals surface area contributed by atoms with Gasteiger partial charge in [-0.3, -0.25) is 0 Å². The van der Waals surface area contributed by atoms with Gasteiger partial charge in [-0.1, -0.05) is 13.8 Å². The predicted molar refractivity (Wildman–Crippen MR) is 59.9 cm³/mol. The average molecular weight is 228 g/mol. The average Bonchev–Trinajstić information content (AvgIpc) is 2.71. The van der Waals surface area contributed by atoms with Crippen molar-refractivity contribution in [3.63, 3.8) is 0 Å². The summed E-state index contributed by atoms with van der Waals surface area (Å²) in [6, 6.07) is 0. The quantitative estimate of drug-likeness (QED) is 0.533. The van der Waals surface area contributed by atoms with E-state index >= 15 is 0 Å². The second kappa shape index (κ2) is 6.01. The summed E-state index contributed by atoms with van der Waals surface area (Å²) in [5, 5.41) is 0. The van der Waals surface area contributed by atoms with Gasteiger partial charge in [0.05, 0.1) is 13.2 Å². The van der Waals surface area contributed by atoms with Crippen LogP contribution in [0.2, 0.25) is 0 Å². The van der Waals surface area contributed by atoms with Crippen molar-refractivity contribution in [1.29, 1.82) is 0 Å². The van der Waals surface area contributed by atoms with Crippen LogP contribution < -0.4 is 0 Å². The third-order valence-corrected chi connectivity index (χ3v) is 2.69. The van der Waals surface area contributed by atoms with E-state index < -0.39 is 5.79 Å². The topological polar surface area (TPSA) is 44.8 Å². The van der Waals surface area contributed by atoms with E-state index in [1.807, 2.05) is 13.8 Å². The maximum atomic E-state index is 11.1. The molecule has 1 aliphatic rings. The van der Waals surface area contributed by atoms with Crippen molar-refractivity contribution in [2.45, 2.75) is 45.5 Å². The van der Waals surface area contributed by atoms with Crippen LogP contribution in [0.15, 0.2) is 12.2 Å². The fourth-order valence-electron chi connectivity index (χ4n) is 1.67. The van der Waals surface area contributed by atoms with Crippen molar-refractivity contribution >= 4 is 5.97 Å². The molecule has 0 aromatic carbocycles. The maximum Gasteiger partial charge on any atom is 0.330 e. The maximum absolute atomic E-state index is 11.1. The highest BCUT2D eigenvalue weighted by Gasteiger charge is 2.37. The van der Waals surface area contributed by atoms with Crippen LogP contribution in [0.5, 0.6) is 0 Å². The lowest BCUT2D eigenvalue weighted by Crippen LogP contribution is -2.28. The first-order valence-electron chi connectivity index (χ1n) is 5.82. The van der Waals surface area contributed by atoms with E-state index in [1.54, 1.807) is 13.0 Å². The Morgan fingerprint density at radius 2 is 2.12 bits per heavy atom. The van der Waals surface area contributed by atoms with Gasteiger partial charge in [-0.05, 0) is 25.8 Å². The van der Waals surface area contributed by atoms with E-state index in [4.69, 9.17) is 14.2 Å². The first kappa shape index (κ1) is 13.2. The van der Waals surface area contributed by atoms with E-state index in [0.29, 0.717) is 13.2 Å². The highest BCUT2D eigenvalue weighted by Crippen LogP contribution is 2.30. The Bertz CT molecular complexity index is 256. The van der Waals surface area contributed by atoms with Crippen LogP contribution in [0.4, 0.5) is 0 Å². The third kappa shape index (κ3) is 3.32. The summed E-state index contributed by atoms with van der Waals surface area (Å²) in [4.78, 5) is 11.1. The van der Waals surface area contributed by atoms with Gasteiger partial charge in [-0.25, -0.2) is 4.79 Å². The first-order chi connectivity index (χ1) is 7.65. The lowest BCUT2D eigenvalue weighted by atomic mass is 10.1. The lowest BCUT2D eigenvalue weighted by Gasteiger charge is -2.24. The van der Waals surface area contributed by atoms with Gasteiger partial charge in [0.1, 0.15) is 6.10 Å². The zero-order valence-electron chi connectivity index (χ0n) is 10.2. The molecule has 0 spiro atoms. The Morgan fingerprint density at radius 1 is 1.44 bits per heavy atom. The summed E-state index contributed by atoms with van der Waals surface area (Å²) < 4.78 is 16.2. The molecule has 0 bridgehead atoms. The van der Waals surface area contributed by atoms with E-state index in [9.17, 15) is 4.79 Å². The third-order valence-electron chi connectivity index (χ3n) is 2.69. The molecule has 0 amide bonds. The van der Waals surface area contributed by atoms with Crippen molar-refractivity contribution in [2.75, 3.05) is 13.2 Å². The lowest BCUT2D eigenvalue weighted by molar-refractivity contribution is -0.167. The Morgan fingerprint density at radius 3 is 2.62 bits per heavy atom. The minimum absolute atomic E-state index is 0.149. The molecule has 1 heterocycles. The fourth-order valence-corrected chi connectivity index (χ4v) is 1.67. The molecule has 0 saturated carbocycles. The van der Waals surface area contributed by atoms with Crippen molar-refractivity contribution in [3.8, 4) is 0 Å². The van der Waals surface area contributed by atoms with Crippen LogP contribution in [-0.2, 0) is 19.0 Å². The normalized spacial score (nSPS) is 23.8. The van der Waals surface area contributed by atoms with Crippen LogP contribution in [0.25, 0.3) is 0 Å². The number of hydrogen-bond donors (Lipinski definition) is 0. The van der Waals surface area contributed by atoms with Crippen molar-refractivity contribution in [2.24, 2.45) is 0 Å². The molecular weight excluding hydrogens is 208 g/mol. The van der Waals surface area contributed by atoms with Gasteiger partial charge in [0.15, 0.2) is 5.79 Å². The zero-order valence-corrected chi connectivity index (χ0v) is 10.2. The van der Waals surface area contributed by atoms with E-state index in [2.05, 4.69) is 0 Å². The molecule has 1 atom stereocenters. The van der Waals surface area contributed by atoms with Crippen molar-refractivity contribution in [1.82, 2.24) is 0 Å². The molecule has 0 aromatic rings. The van der Waals surface area contributed by atoms with Crippen LogP contribution >= 0.6 is 0 Å². The molecule has 0 aromatic heterocycles. The molecule has 4 nitrogen and oxygen atoms in total. The number of rotatable bonds is 5. The zero-order chi connectivity index (χ0) is 12.0. The van der Waals surface area contributed by atoms with Gasteiger partial charge < -0.3 is 14.2 Å². The highest BCUT2D eigenvalue weighted by atomic mass is 16.7. The van der Waals surface area contributed by atoms with Gasteiger partial charge in [-0.15, -0.1) is 0 Å². The number of esters is 1. The van der Waals surface area contributed by atoms with Crippen molar-refractivity contribution in [3.05, 3.63) is 12.2 Å². The highest BCUT2D eigenvalue weighted by molar-refractivity contribution is 5.81. The van der Waals surface area contributed by atoms with Gasteiger partial charge in [0.2, 0.25) is 0 Å². The summed E-state index contributed by atoms with van der Waals surface area (Å²) in [6.45, 7) is 6.72. The van der Waals surface area contributed by atoms with E-state index in [-0.39, 0.29) is 12.1 Å². The Hall–Kier alpha value is -0.870. The van der Waals surface area contributed by atoms with Crippen molar-refractivity contribution < 1.29 is 19.0 Å². The molecular formula is C12H20O4. The molecule has 1 saturated heterocycles. The molecule has 0 radical (unpaired) electrons. The standard InChI is InChI=1S/C12H20O4/c1-4-12(5-2)15-9-10(16-12)7-8-11(13)14-6-3/h7-8,10H,4-6,9H2,1-3H3/t10-/m1/s1. The molecule has 4 heteroatoms. The number of carbonyl (C=O) groups excluding carboxylic acids is 1. The molecule has 1 fully saturated rings. The van der Waals surface area contributed by atoms with Crippen LogP contribution in [0.3, 0.4) is 0 Å². The molecule has 16 heavy (non-hydrogen) atoms.